The lowest BCUT2D eigenvalue weighted by Crippen LogP contribution is -2.13. The van der Waals surface area contributed by atoms with Crippen LogP contribution in [-0.4, -0.2) is 41.6 Å². The van der Waals surface area contributed by atoms with Crippen LogP contribution < -0.4 is 4.74 Å². The van der Waals surface area contributed by atoms with Gasteiger partial charge >= 0.3 is 6.01 Å². The molecule has 0 amide bonds. The SMILES string of the molecule is COc1nc(-n2nc(C)cc2C)nc(-n2nc(C)cc2C)n1. The van der Waals surface area contributed by atoms with Gasteiger partial charge in [-0.15, -0.1) is 0 Å². The minimum Gasteiger partial charge on any atom is -0.467 e. The van der Waals surface area contributed by atoms with Gasteiger partial charge in [0.2, 0.25) is 0 Å². The van der Waals surface area contributed by atoms with Gasteiger partial charge in [-0.1, -0.05) is 0 Å². The van der Waals surface area contributed by atoms with E-state index < -0.39 is 0 Å². The number of rotatable bonds is 3. The van der Waals surface area contributed by atoms with Crippen LogP contribution in [0.1, 0.15) is 22.8 Å². The van der Waals surface area contributed by atoms with Gasteiger partial charge < -0.3 is 4.74 Å². The molecule has 0 saturated carbocycles. The Labute approximate surface area is 127 Å². The predicted molar refractivity (Wildman–Crippen MR) is 79.6 cm³/mol. The first-order chi connectivity index (χ1) is 10.5. The van der Waals surface area contributed by atoms with Gasteiger partial charge in [0.25, 0.3) is 11.9 Å². The maximum Gasteiger partial charge on any atom is 0.322 e. The predicted octanol–water partition coefficient (Wildman–Crippen LogP) is 1.49. The van der Waals surface area contributed by atoms with Crippen molar-refractivity contribution in [2.45, 2.75) is 27.7 Å². The number of hydrogen-bond acceptors (Lipinski definition) is 6. The third-order valence-corrected chi connectivity index (χ3v) is 3.17. The van der Waals surface area contributed by atoms with Gasteiger partial charge in [-0.3, -0.25) is 0 Å². The molecule has 8 nitrogen and oxygen atoms in total. The summed E-state index contributed by atoms with van der Waals surface area (Å²) >= 11 is 0. The van der Waals surface area contributed by atoms with Gasteiger partial charge in [0.1, 0.15) is 0 Å². The summed E-state index contributed by atoms with van der Waals surface area (Å²) in [7, 11) is 1.52. The van der Waals surface area contributed by atoms with E-state index in [9.17, 15) is 0 Å². The maximum atomic E-state index is 5.19. The van der Waals surface area contributed by atoms with E-state index in [0.29, 0.717) is 11.9 Å². The molecule has 0 saturated heterocycles. The van der Waals surface area contributed by atoms with Gasteiger partial charge in [0, 0.05) is 11.4 Å². The quantitative estimate of drug-likeness (QED) is 0.728. The number of hydrogen-bond donors (Lipinski definition) is 0. The first-order valence-corrected chi connectivity index (χ1v) is 6.85. The Morgan fingerprint density at radius 2 is 1.23 bits per heavy atom. The van der Waals surface area contributed by atoms with Crippen molar-refractivity contribution in [2.24, 2.45) is 0 Å². The Hall–Kier alpha value is -2.77. The lowest BCUT2D eigenvalue weighted by Gasteiger charge is -2.08. The molecule has 114 valence electrons. The fraction of sp³-hybridized carbons (Fsp3) is 0.357. The van der Waals surface area contributed by atoms with E-state index in [2.05, 4.69) is 25.1 Å². The van der Waals surface area contributed by atoms with Gasteiger partial charge in [0.15, 0.2) is 0 Å². The zero-order chi connectivity index (χ0) is 15.9. The van der Waals surface area contributed by atoms with E-state index in [1.165, 1.54) is 7.11 Å². The molecule has 3 aromatic rings. The van der Waals surface area contributed by atoms with Crippen molar-refractivity contribution in [3.05, 3.63) is 34.9 Å². The van der Waals surface area contributed by atoms with E-state index in [0.717, 1.165) is 22.8 Å². The van der Waals surface area contributed by atoms with Crippen LogP contribution in [0, 0.1) is 27.7 Å². The second kappa shape index (κ2) is 5.21. The minimum atomic E-state index is 0.222. The molecule has 3 aromatic heterocycles. The molecule has 0 N–H and O–H groups in total. The summed E-state index contributed by atoms with van der Waals surface area (Å²) in [6.45, 7) is 7.73. The highest BCUT2D eigenvalue weighted by Crippen LogP contribution is 2.14. The van der Waals surface area contributed by atoms with Crippen LogP contribution in [0.25, 0.3) is 11.9 Å². The van der Waals surface area contributed by atoms with E-state index >= 15 is 0 Å². The number of aromatic nitrogens is 7. The van der Waals surface area contributed by atoms with E-state index in [1.807, 2.05) is 39.8 Å². The average Bonchev–Trinajstić information content (AvgIpc) is 2.99. The summed E-state index contributed by atoms with van der Waals surface area (Å²) in [5.41, 5.74) is 3.66. The summed E-state index contributed by atoms with van der Waals surface area (Å²) in [5, 5.41) is 8.79. The van der Waals surface area contributed by atoms with Crippen molar-refractivity contribution in [2.75, 3.05) is 7.11 Å². The van der Waals surface area contributed by atoms with Gasteiger partial charge in [-0.2, -0.15) is 25.1 Å². The molecule has 8 heteroatoms. The lowest BCUT2D eigenvalue weighted by atomic mass is 10.4. The number of ether oxygens (including phenoxy) is 1. The molecule has 0 aromatic carbocycles. The maximum absolute atomic E-state index is 5.19. The summed E-state index contributed by atoms with van der Waals surface area (Å²) in [6.07, 6.45) is 0. The van der Waals surface area contributed by atoms with Crippen molar-refractivity contribution in [3.8, 4) is 17.9 Å². The molecule has 0 bridgehead atoms. The number of methoxy groups -OCH3 is 1. The monoisotopic (exact) mass is 299 g/mol. The van der Waals surface area contributed by atoms with Gasteiger partial charge in [-0.05, 0) is 39.8 Å². The van der Waals surface area contributed by atoms with Crippen LogP contribution in [0.3, 0.4) is 0 Å². The van der Waals surface area contributed by atoms with Gasteiger partial charge in [-0.25, -0.2) is 9.36 Å². The van der Waals surface area contributed by atoms with Crippen molar-refractivity contribution < 1.29 is 4.74 Å². The first-order valence-electron chi connectivity index (χ1n) is 6.85. The van der Waals surface area contributed by atoms with E-state index in [4.69, 9.17) is 4.74 Å². The summed E-state index contributed by atoms with van der Waals surface area (Å²) in [5.74, 6) is 0.806. The van der Waals surface area contributed by atoms with E-state index in [1.54, 1.807) is 9.36 Å². The second-order valence-corrected chi connectivity index (χ2v) is 5.10. The molecule has 0 spiro atoms. The standard InChI is InChI=1S/C14H17N7O/c1-8-6-10(3)20(18-8)12-15-13(17-14(16-12)22-5)21-11(4)7-9(2)19-21/h6-7H,1-5H3. The molecule has 3 rings (SSSR count). The van der Waals surface area contributed by atoms with E-state index in [-0.39, 0.29) is 6.01 Å². The normalized spacial score (nSPS) is 11.0. The van der Waals surface area contributed by atoms with Crippen molar-refractivity contribution in [1.29, 1.82) is 0 Å². The molecule has 0 aliphatic heterocycles. The largest absolute Gasteiger partial charge is 0.467 e. The third-order valence-electron chi connectivity index (χ3n) is 3.17. The Bertz CT molecular complexity index is 769. The molecule has 0 fully saturated rings. The molecular formula is C14H17N7O. The Morgan fingerprint density at radius 3 is 1.55 bits per heavy atom. The molecule has 0 unspecified atom stereocenters. The molecular weight excluding hydrogens is 282 g/mol. The fourth-order valence-corrected chi connectivity index (χ4v) is 2.28. The fourth-order valence-electron chi connectivity index (χ4n) is 2.28. The zero-order valence-electron chi connectivity index (χ0n) is 13.2. The highest BCUT2D eigenvalue weighted by atomic mass is 16.5. The van der Waals surface area contributed by atoms with Crippen LogP contribution in [0.15, 0.2) is 12.1 Å². The van der Waals surface area contributed by atoms with Crippen LogP contribution in [-0.2, 0) is 0 Å². The molecule has 0 aliphatic carbocycles. The number of nitrogens with zero attached hydrogens (tertiary/aromatic N) is 7. The van der Waals surface area contributed by atoms with Crippen molar-refractivity contribution >= 4 is 0 Å². The molecule has 0 atom stereocenters. The van der Waals surface area contributed by atoms with Crippen molar-refractivity contribution in [3.63, 3.8) is 0 Å². The van der Waals surface area contributed by atoms with Crippen LogP contribution >= 0.6 is 0 Å². The molecule has 3 heterocycles. The Balaban J connectivity index is 2.19. The summed E-state index contributed by atoms with van der Waals surface area (Å²) in [6, 6.07) is 4.14. The molecule has 0 radical (unpaired) electrons. The second-order valence-electron chi connectivity index (χ2n) is 5.10. The number of aryl methyl sites for hydroxylation is 4. The minimum absolute atomic E-state index is 0.222. The van der Waals surface area contributed by atoms with Crippen molar-refractivity contribution in [1.82, 2.24) is 34.5 Å². The molecule has 0 aliphatic rings. The summed E-state index contributed by atoms with van der Waals surface area (Å²) in [4.78, 5) is 13.0. The highest BCUT2D eigenvalue weighted by Gasteiger charge is 2.15. The lowest BCUT2D eigenvalue weighted by molar-refractivity contribution is 0.375. The Kier molecular flexibility index (Phi) is 3.36. The smallest absolute Gasteiger partial charge is 0.322 e. The van der Waals surface area contributed by atoms with Crippen LogP contribution in [0.5, 0.6) is 6.01 Å². The highest BCUT2D eigenvalue weighted by molar-refractivity contribution is 5.26. The zero-order valence-corrected chi connectivity index (χ0v) is 13.2. The van der Waals surface area contributed by atoms with Crippen LogP contribution in [0.4, 0.5) is 0 Å². The molecule has 22 heavy (non-hydrogen) atoms. The van der Waals surface area contributed by atoms with Gasteiger partial charge in [0.05, 0.1) is 18.5 Å². The first kappa shape index (κ1) is 14.2. The van der Waals surface area contributed by atoms with Crippen LogP contribution in [0.2, 0.25) is 0 Å². The Morgan fingerprint density at radius 1 is 0.773 bits per heavy atom. The topological polar surface area (TPSA) is 83.5 Å². The summed E-state index contributed by atoms with van der Waals surface area (Å²) < 4.78 is 8.51. The average molecular weight is 299 g/mol. The third kappa shape index (κ3) is 2.43.